The third kappa shape index (κ3) is 3.79. The van der Waals surface area contributed by atoms with Crippen LogP contribution in [0, 0.1) is 5.82 Å². The number of aromatic nitrogens is 3. The fourth-order valence-corrected chi connectivity index (χ4v) is 3.09. The summed E-state index contributed by atoms with van der Waals surface area (Å²) in [7, 11) is 1.32. The van der Waals surface area contributed by atoms with Crippen molar-refractivity contribution in [3.05, 3.63) is 71.7 Å². The van der Waals surface area contributed by atoms with Gasteiger partial charge in [0, 0.05) is 17.2 Å². The molecule has 4 rings (SSSR count). The second-order valence-electron chi connectivity index (χ2n) is 6.56. The number of carboxylic acid groups (broad SMARTS) is 1. The van der Waals surface area contributed by atoms with Crippen molar-refractivity contribution in [2.45, 2.75) is 6.18 Å². The molecule has 0 amide bonds. The van der Waals surface area contributed by atoms with Gasteiger partial charge < -0.3 is 9.84 Å². The van der Waals surface area contributed by atoms with Crippen molar-refractivity contribution >= 4 is 11.6 Å². The Morgan fingerprint density at radius 1 is 1.03 bits per heavy atom. The number of fused-ring (bicyclic) bond motifs is 1. The average molecular weight is 431 g/mol. The Morgan fingerprint density at radius 3 is 2.29 bits per heavy atom. The highest BCUT2D eigenvalue weighted by Crippen LogP contribution is 2.32. The van der Waals surface area contributed by atoms with E-state index in [4.69, 9.17) is 4.74 Å². The number of carboxylic acids is 1. The molecule has 0 bridgehead atoms. The van der Waals surface area contributed by atoms with Crippen molar-refractivity contribution in [3.8, 4) is 28.3 Å². The summed E-state index contributed by atoms with van der Waals surface area (Å²) in [6.07, 6.45) is -4.48. The first-order valence-corrected chi connectivity index (χ1v) is 8.83. The third-order valence-corrected chi connectivity index (χ3v) is 4.60. The molecule has 0 aliphatic rings. The van der Waals surface area contributed by atoms with Gasteiger partial charge in [-0.15, -0.1) is 0 Å². The fraction of sp³-hybridized carbons (Fsp3) is 0.0952. The molecule has 0 saturated heterocycles. The zero-order valence-corrected chi connectivity index (χ0v) is 15.8. The van der Waals surface area contributed by atoms with Crippen LogP contribution in [0.1, 0.15) is 16.1 Å². The van der Waals surface area contributed by atoms with Gasteiger partial charge in [-0.3, -0.25) is 0 Å². The van der Waals surface area contributed by atoms with E-state index in [1.165, 1.54) is 48.0 Å². The first-order valence-electron chi connectivity index (χ1n) is 8.83. The molecular formula is C21H13F4N3O3. The SMILES string of the molecule is COc1ccc(-c2cc(-c3ccc(C(F)(F)F)cc3)nc3cc(C(=O)O)nn23)cc1F. The van der Waals surface area contributed by atoms with Crippen LogP contribution in [0.4, 0.5) is 17.6 Å². The lowest BCUT2D eigenvalue weighted by Gasteiger charge is -2.11. The minimum absolute atomic E-state index is 0.0173. The van der Waals surface area contributed by atoms with Gasteiger partial charge in [0.1, 0.15) is 0 Å². The number of ether oxygens (including phenoxy) is 1. The third-order valence-electron chi connectivity index (χ3n) is 4.60. The number of aromatic carboxylic acids is 1. The molecular weight excluding hydrogens is 418 g/mol. The molecule has 2 heterocycles. The highest BCUT2D eigenvalue weighted by atomic mass is 19.4. The Morgan fingerprint density at radius 2 is 1.71 bits per heavy atom. The quantitative estimate of drug-likeness (QED) is 0.464. The molecule has 158 valence electrons. The summed E-state index contributed by atoms with van der Waals surface area (Å²) >= 11 is 0. The second kappa shape index (κ2) is 7.38. The van der Waals surface area contributed by atoms with E-state index in [0.29, 0.717) is 16.8 Å². The zero-order valence-electron chi connectivity index (χ0n) is 15.8. The average Bonchev–Trinajstić information content (AvgIpc) is 3.17. The van der Waals surface area contributed by atoms with E-state index < -0.39 is 23.5 Å². The van der Waals surface area contributed by atoms with Crippen LogP contribution in [-0.2, 0) is 6.18 Å². The van der Waals surface area contributed by atoms with Crippen molar-refractivity contribution in [1.82, 2.24) is 14.6 Å². The van der Waals surface area contributed by atoms with Crippen LogP contribution in [0.25, 0.3) is 28.2 Å². The number of rotatable bonds is 4. The zero-order chi connectivity index (χ0) is 22.3. The number of hydrogen-bond acceptors (Lipinski definition) is 4. The van der Waals surface area contributed by atoms with Crippen LogP contribution >= 0.6 is 0 Å². The largest absolute Gasteiger partial charge is 0.494 e. The maximum Gasteiger partial charge on any atom is 0.416 e. The summed E-state index contributed by atoms with van der Waals surface area (Å²) in [6, 6.07) is 11.2. The molecule has 0 unspecified atom stereocenters. The topological polar surface area (TPSA) is 76.7 Å². The summed E-state index contributed by atoms with van der Waals surface area (Å²) in [5.41, 5.74) is 0.321. The van der Waals surface area contributed by atoms with Gasteiger partial charge in [0.25, 0.3) is 0 Å². The lowest BCUT2D eigenvalue weighted by atomic mass is 10.1. The number of carbonyl (C=O) groups is 1. The molecule has 4 aromatic rings. The van der Waals surface area contributed by atoms with E-state index in [1.807, 2.05) is 0 Å². The van der Waals surface area contributed by atoms with Gasteiger partial charge in [0.2, 0.25) is 0 Å². The van der Waals surface area contributed by atoms with Gasteiger partial charge in [-0.1, -0.05) is 12.1 Å². The standard InChI is InChI=1S/C21H13F4N3O3/c1-31-18-7-4-12(8-14(18)22)17-9-15(11-2-5-13(6-3-11)21(23,24)25)26-19-10-16(20(29)30)27-28(17)19/h2-10H,1H3,(H,29,30). The van der Waals surface area contributed by atoms with Crippen LogP contribution in [0.2, 0.25) is 0 Å². The summed E-state index contributed by atoms with van der Waals surface area (Å²) < 4.78 is 59.0. The van der Waals surface area contributed by atoms with E-state index in [9.17, 15) is 27.5 Å². The summed E-state index contributed by atoms with van der Waals surface area (Å²) in [4.78, 5) is 15.7. The van der Waals surface area contributed by atoms with E-state index in [2.05, 4.69) is 10.1 Å². The molecule has 6 nitrogen and oxygen atoms in total. The molecule has 2 aromatic carbocycles. The number of hydrogen-bond donors (Lipinski definition) is 1. The maximum atomic E-state index is 14.3. The van der Waals surface area contributed by atoms with Crippen LogP contribution in [-0.4, -0.2) is 32.8 Å². The molecule has 2 aromatic heterocycles. The van der Waals surface area contributed by atoms with Gasteiger partial charge in [-0.05, 0) is 36.4 Å². The molecule has 10 heteroatoms. The van der Waals surface area contributed by atoms with Crippen molar-refractivity contribution in [2.75, 3.05) is 7.11 Å². The molecule has 0 aliphatic heterocycles. The van der Waals surface area contributed by atoms with Gasteiger partial charge in [-0.25, -0.2) is 18.7 Å². The number of nitrogens with zero attached hydrogens (tertiary/aromatic N) is 3. The van der Waals surface area contributed by atoms with Crippen molar-refractivity contribution < 1.29 is 32.2 Å². The molecule has 0 atom stereocenters. The predicted octanol–water partition coefficient (Wildman–Crippen LogP) is 4.93. The lowest BCUT2D eigenvalue weighted by Crippen LogP contribution is -2.04. The number of methoxy groups -OCH3 is 1. The van der Waals surface area contributed by atoms with Crippen LogP contribution < -0.4 is 4.74 Å². The molecule has 0 fully saturated rings. The van der Waals surface area contributed by atoms with E-state index in [1.54, 1.807) is 6.07 Å². The fourth-order valence-electron chi connectivity index (χ4n) is 3.09. The highest BCUT2D eigenvalue weighted by Gasteiger charge is 2.30. The molecule has 0 spiro atoms. The van der Waals surface area contributed by atoms with Gasteiger partial charge in [0.15, 0.2) is 22.9 Å². The minimum Gasteiger partial charge on any atom is -0.494 e. The Labute approximate surface area is 172 Å². The van der Waals surface area contributed by atoms with Crippen LogP contribution in [0.3, 0.4) is 0 Å². The van der Waals surface area contributed by atoms with Crippen LogP contribution in [0.5, 0.6) is 5.75 Å². The Bertz CT molecular complexity index is 1300. The van der Waals surface area contributed by atoms with Gasteiger partial charge in [0.05, 0.1) is 24.1 Å². The van der Waals surface area contributed by atoms with Gasteiger partial charge >= 0.3 is 12.1 Å². The Hall–Kier alpha value is -3.95. The van der Waals surface area contributed by atoms with E-state index in [-0.39, 0.29) is 22.8 Å². The first-order chi connectivity index (χ1) is 14.7. The maximum absolute atomic E-state index is 14.3. The molecule has 1 N–H and O–H groups in total. The van der Waals surface area contributed by atoms with Crippen molar-refractivity contribution in [2.24, 2.45) is 0 Å². The summed E-state index contributed by atoms with van der Waals surface area (Å²) in [5.74, 6) is -1.91. The van der Waals surface area contributed by atoms with Crippen molar-refractivity contribution in [3.63, 3.8) is 0 Å². The number of benzene rings is 2. The molecule has 0 radical (unpaired) electrons. The Balaban J connectivity index is 1.92. The van der Waals surface area contributed by atoms with Crippen molar-refractivity contribution in [1.29, 1.82) is 0 Å². The number of alkyl halides is 3. The smallest absolute Gasteiger partial charge is 0.416 e. The molecule has 31 heavy (non-hydrogen) atoms. The second-order valence-corrected chi connectivity index (χ2v) is 6.56. The van der Waals surface area contributed by atoms with E-state index in [0.717, 1.165) is 12.1 Å². The van der Waals surface area contributed by atoms with E-state index >= 15 is 0 Å². The summed E-state index contributed by atoms with van der Waals surface area (Å²) in [6.45, 7) is 0. The minimum atomic E-state index is -4.48. The first kappa shape index (κ1) is 20.3. The predicted molar refractivity (Wildman–Crippen MR) is 102 cm³/mol. The number of halogens is 4. The summed E-state index contributed by atoms with van der Waals surface area (Å²) in [5, 5.41) is 13.3. The van der Waals surface area contributed by atoms with Crippen LogP contribution in [0.15, 0.2) is 54.6 Å². The van der Waals surface area contributed by atoms with Gasteiger partial charge in [-0.2, -0.15) is 18.3 Å². The monoisotopic (exact) mass is 431 g/mol. The lowest BCUT2D eigenvalue weighted by molar-refractivity contribution is -0.137. The molecule has 0 aliphatic carbocycles. The molecule has 0 saturated carbocycles. The normalized spacial score (nSPS) is 11.6. The highest BCUT2D eigenvalue weighted by molar-refractivity contribution is 5.87. The Kier molecular flexibility index (Phi) is 4.84.